The molecule has 2 aromatic rings. The Bertz CT molecular complexity index is 571. The minimum atomic E-state index is 0.457. The van der Waals surface area contributed by atoms with E-state index in [1.165, 1.54) is 56.0 Å². The Kier molecular flexibility index (Phi) is 4.22. The SMILES string of the molecule is Oc1ccc2ccccc2c1C[NH+]1CCCCCCC1. The molecule has 0 saturated carbocycles. The Morgan fingerprint density at radius 2 is 1.55 bits per heavy atom. The molecule has 2 heteroatoms. The lowest BCUT2D eigenvalue weighted by atomic mass is 10.0. The molecular formula is C18H24NO+. The number of benzene rings is 2. The molecule has 2 N–H and O–H groups in total. The summed E-state index contributed by atoms with van der Waals surface area (Å²) in [6.45, 7) is 3.43. The number of fused-ring (bicyclic) bond motifs is 1. The van der Waals surface area contributed by atoms with Gasteiger partial charge in [0, 0.05) is 0 Å². The van der Waals surface area contributed by atoms with E-state index in [0.29, 0.717) is 5.75 Å². The highest BCUT2D eigenvalue weighted by molar-refractivity contribution is 5.87. The molecule has 0 unspecified atom stereocenters. The Hall–Kier alpha value is -1.54. The molecule has 2 nitrogen and oxygen atoms in total. The molecule has 1 saturated heterocycles. The zero-order valence-electron chi connectivity index (χ0n) is 12.1. The highest BCUT2D eigenvalue weighted by Crippen LogP contribution is 2.26. The van der Waals surface area contributed by atoms with Crippen LogP contribution in [-0.4, -0.2) is 18.2 Å². The molecule has 20 heavy (non-hydrogen) atoms. The summed E-state index contributed by atoms with van der Waals surface area (Å²) >= 11 is 0. The van der Waals surface area contributed by atoms with Crippen LogP contribution in [0.4, 0.5) is 0 Å². The number of quaternary nitrogens is 1. The molecule has 0 aromatic heterocycles. The van der Waals surface area contributed by atoms with Crippen molar-refractivity contribution in [3.8, 4) is 5.75 Å². The third-order valence-corrected chi connectivity index (χ3v) is 4.50. The van der Waals surface area contributed by atoms with E-state index in [4.69, 9.17) is 0 Å². The van der Waals surface area contributed by atoms with Crippen molar-refractivity contribution >= 4 is 10.8 Å². The fourth-order valence-corrected chi connectivity index (χ4v) is 3.34. The van der Waals surface area contributed by atoms with Crippen molar-refractivity contribution in [1.29, 1.82) is 0 Å². The standard InChI is InChI=1S/C18H23NO/c20-18-11-10-15-8-4-5-9-16(15)17(18)14-19-12-6-2-1-3-7-13-19/h4-5,8-11,20H,1-3,6-7,12-14H2/p+1. The predicted octanol–water partition coefficient (Wildman–Crippen LogP) is 2.89. The van der Waals surface area contributed by atoms with Gasteiger partial charge in [-0.05, 0) is 42.5 Å². The molecule has 106 valence electrons. The summed E-state index contributed by atoms with van der Waals surface area (Å²) in [6, 6.07) is 12.2. The van der Waals surface area contributed by atoms with Crippen LogP contribution in [0, 0.1) is 0 Å². The molecule has 1 aliphatic heterocycles. The monoisotopic (exact) mass is 270 g/mol. The average molecular weight is 270 g/mol. The molecule has 0 bridgehead atoms. The molecule has 0 spiro atoms. The predicted molar refractivity (Wildman–Crippen MR) is 83.1 cm³/mol. The van der Waals surface area contributed by atoms with Crippen LogP contribution in [0.2, 0.25) is 0 Å². The first-order valence-electron chi connectivity index (χ1n) is 7.88. The minimum Gasteiger partial charge on any atom is -0.507 e. The lowest BCUT2D eigenvalue weighted by Crippen LogP contribution is -3.10. The topological polar surface area (TPSA) is 24.7 Å². The van der Waals surface area contributed by atoms with Crippen LogP contribution in [0.25, 0.3) is 10.8 Å². The number of nitrogens with one attached hydrogen (secondary N) is 1. The summed E-state index contributed by atoms with van der Waals surface area (Å²) in [6.07, 6.45) is 6.77. The number of hydrogen-bond donors (Lipinski definition) is 2. The smallest absolute Gasteiger partial charge is 0.125 e. The van der Waals surface area contributed by atoms with Gasteiger partial charge in [-0.3, -0.25) is 0 Å². The molecule has 1 heterocycles. The van der Waals surface area contributed by atoms with Crippen LogP contribution in [0.15, 0.2) is 36.4 Å². The number of phenolic OH excluding ortho intramolecular Hbond substituents is 1. The van der Waals surface area contributed by atoms with Crippen LogP contribution in [0.5, 0.6) is 5.75 Å². The number of hydrogen-bond acceptors (Lipinski definition) is 1. The van der Waals surface area contributed by atoms with Gasteiger partial charge in [0.1, 0.15) is 12.3 Å². The summed E-state index contributed by atoms with van der Waals surface area (Å²) in [4.78, 5) is 1.62. The zero-order valence-corrected chi connectivity index (χ0v) is 12.1. The highest BCUT2D eigenvalue weighted by Gasteiger charge is 2.16. The first-order valence-corrected chi connectivity index (χ1v) is 7.88. The normalized spacial score (nSPS) is 17.8. The lowest BCUT2D eigenvalue weighted by molar-refractivity contribution is -0.914. The Balaban J connectivity index is 1.87. The molecule has 0 amide bonds. The molecule has 1 aliphatic rings. The maximum atomic E-state index is 10.3. The lowest BCUT2D eigenvalue weighted by Gasteiger charge is -2.23. The molecule has 0 radical (unpaired) electrons. The van der Waals surface area contributed by atoms with Crippen molar-refractivity contribution in [1.82, 2.24) is 0 Å². The average Bonchev–Trinajstić information content (AvgIpc) is 2.44. The summed E-state index contributed by atoms with van der Waals surface area (Å²) in [5.41, 5.74) is 1.12. The molecule has 0 atom stereocenters. The minimum absolute atomic E-state index is 0.457. The van der Waals surface area contributed by atoms with Gasteiger partial charge in [-0.1, -0.05) is 36.8 Å². The van der Waals surface area contributed by atoms with E-state index >= 15 is 0 Å². The molecular weight excluding hydrogens is 246 g/mol. The van der Waals surface area contributed by atoms with E-state index in [9.17, 15) is 5.11 Å². The fraction of sp³-hybridized carbons (Fsp3) is 0.444. The number of likely N-dealkylation sites (tertiary alicyclic amines) is 1. The molecule has 1 fully saturated rings. The first kappa shape index (κ1) is 13.4. The molecule has 3 rings (SSSR count). The van der Waals surface area contributed by atoms with Crippen molar-refractivity contribution in [3.63, 3.8) is 0 Å². The van der Waals surface area contributed by atoms with Crippen molar-refractivity contribution in [2.45, 2.75) is 38.6 Å². The number of rotatable bonds is 2. The van der Waals surface area contributed by atoms with Gasteiger partial charge < -0.3 is 10.0 Å². The van der Waals surface area contributed by atoms with Gasteiger partial charge in [-0.2, -0.15) is 0 Å². The van der Waals surface area contributed by atoms with Crippen LogP contribution in [0.3, 0.4) is 0 Å². The third-order valence-electron chi connectivity index (χ3n) is 4.50. The number of aromatic hydroxyl groups is 1. The van der Waals surface area contributed by atoms with Crippen LogP contribution in [-0.2, 0) is 6.54 Å². The molecule has 2 aromatic carbocycles. The summed E-state index contributed by atoms with van der Waals surface area (Å²) in [7, 11) is 0. The van der Waals surface area contributed by atoms with Gasteiger partial charge in [-0.15, -0.1) is 0 Å². The maximum absolute atomic E-state index is 10.3. The summed E-state index contributed by atoms with van der Waals surface area (Å²) in [5, 5.41) is 12.7. The van der Waals surface area contributed by atoms with Crippen LogP contribution in [0.1, 0.15) is 37.7 Å². The summed E-state index contributed by atoms with van der Waals surface area (Å²) < 4.78 is 0. The second kappa shape index (κ2) is 6.27. The van der Waals surface area contributed by atoms with E-state index in [-0.39, 0.29) is 0 Å². The van der Waals surface area contributed by atoms with Gasteiger partial charge >= 0.3 is 0 Å². The largest absolute Gasteiger partial charge is 0.507 e. The zero-order chi connectivity index (χ0) is 13.8. The summed E-state index contributed by atoms with van der Waals surface area (Å²) in [5.74, 6) is 0.457. The van der Waals surface area contributed by atoms with Crippen LogP contribution >= 0.6 is 0 Å². The van der Waals surface area contributed by atoms with E-state index in [2.05, 4.69) is 24.3 Å². The van der Waals surface area contributed by atoms with Gasteiger partial charge in [0.25, 0.3) is 0 Å². The quantitative estimate of drug-likeness (QED) is 0.861. The first-order chi connectivity index (χ1) is 9.84. The van der Waals surface area contributed by atoms with E-state index in [1.54, 1.807) is 4.90 Å². The van der Waals surface area contributed by atoms with E-state index in [1.807, 2.05) is 12.1 Å². The second-order valence-corrected chi connectivity index (χ2v) is 5.98. The van der Waals surface area contributed by atoms with Gasteiger partial charge in [0.05, 0.1) is 18.7 Å². The Morgan fingerprint density at radius 3 is 2.35 bits per heavy atom. The maximum Gasteiger partial charge on any atom is 0.125 e. The van der Waals surface area contributed by atoms with Gasteiger partial charge in [0.15, 0.2) is 0 Å². The Labute approximate surface area is 121 Å². The van der Waals surface area contributed by atoms with Crippen molar-refractivity contribution < 1.29 is 10.0 Å². The van der Waals surface area contributed by atoms with Crippen molar-refractivity contribution in [2.24, 2.45) is 0 Å². The van der Waals surface area contributed by atoms with Crippen LogP contribution < -0.4 is 4.90 Å². The van der Waals surface area contributed by atoms with E-state index < -0.39 is 0 Å². The third kappa shape index (κ3) is 2.96. The van der Waals surface area contributed by atoms with E-state index in [0.717, 1.165) is 12.1 Å². The highest BCUT2D eigenvalue weighted by atomic mass is 16.3. The van der Waals surface area contributed by atoms with Crippen molar-refractivity contribution in [2.75, 3.05) is 13.1 Å². The number of phenols is 1. The fourth-order valence-electron chi connectivity index (χ4n) is 3.34. The molecule has 0 aliphatic carbocycles. The Morgan fingerprint density at radius 1 is 0.850 bits per heavy atom. The van der Waals surface area contributed by atoms with Crippen molar-refractivity contribution in [3.05, 3.63) is 42.0 Å². The van der Waals surface area contributed by atoms with Gasteiger partial charge in [0.2, 0.25) is 0 Å². The van der Waals surface area contributed by atoms with Gasteiger partial charge in [-0.25, -0.2) is 0 Å². The second-order valence-electron chi connectivity index (χ2n) is 5.98.